The largest absolute Gasteiger partial charge is 0.326 e. The number of nitrogens with one attached hydrogen (secondary N) is 1. The minimum absolute atomic E-state index is 0.121. The van der Waals surface area contributed by atoms with E-state index in [2.05, 4.69) is 25.5 Å². The highest BCUT2D eigenvalue weighted by molar-refractivity contribution is 7.91. The molecule has 1 aromatic rings. The summed E-state index contributed by atoms with van der Waals surface area (Å²) in [7, 11) is -3.38. The van der Waals surface area contributed by atoms with Gasteiger partial charge in [-0.05, 0) is 30.4 Å². The molecule has 0 aromatic carbocycles. The Labute approximate surface area is 114 Å². The first-order valence-electron chi connectivity index (χ1n) is 5.95. The van der Waals surface area contributed by atoms with Gasteiger partial charge in [0.1, 0.15) is 4.21 Å². The van der Waals surface area contributed by atoms with Crippen LogP contribution in [0.2, 0.25) is 0 Å². The Morgan fingerprint density at radius 2 is 2.00 bits per heavy atom. The third-order valence-corrected chi connectivity index (χ3v) is 5.81. The topological polar surface area (TPSA) is 72.2 Å². The summed E-state index contributed by atoms with van der Waals surface area (Å²) in [6.07, 6.45) is 0.806. The standard InChI is InChI=1S/C12H22N2O2S2/c1-9-7-11(17-10(9)8-13)18(15,16)14-6-5-12(2,3)4/h7,14H,5-6,8,13H2,1-4H3. The fraction of sp³-hybridized carbons (Fsp3) is 0.667. The minimum Gasteiger partial charge on any atom is -0.326 e. The van der Waals surface area contributed by atoms with Crippen molar-refractivity contribution in [2.24, 2.45) is 11.1 Å². The Morgan fingerprint density at radius 1 is 1.39 bits per heavy atom. The normalized spacial score (nSPS) is 12.9. The van der Waals surface area contributed by atoms with Gasteiger partial charge >= 0.3 is 0 Å². The van der Waals surface area contributed by atoms with E-state index in [4.69, 9.17) is 5.73 Å². The van der Waals surface area contributed by atoms with Crippen molar-refractivity contribution in [2.75, 3.05) is 6.54 Å². The average molecular weight is 290 g/mol. The van der Waals surface area contributed by atoms with Crippen LogP contribution >= 0.6 is 11.3 Å². The number of nitrogens with two attached hydrogens (primary N) is 1. The molecule has 0 aliphatic rings. The fourth-order valence-electron chi connectivity index (χ4n) is 1.46. The second-order valence-electron chi connectivity index (χ2n) is 5.58. The maximum Gasteiger partial charge on any atom is 0.250 e. The van der Waals surface area contributed by atoms with E-state index in [1.54, 1.807) is 6.07 Å². The van der Waals surface area contributed by atoms with Gasteiger partial charge in [-0.3, -0.25) is 0 Å². The Morgan fingerprint density at radius 3 is 2.44 bits per heavy atom. The van der Waals surface area contributed by atoms with Crippen LogP contribution in [0.1, 0.15) is 37.6 Å². The van der Waals surface area contributed by atoms with Crippen LogP contribution in [0.25, 0.3) is 0 Å². The van der Waals surface area contributed by atoms with Gasteiger partial charge < -0.3 is 5.73 Å². The SMILES string of the molecule is Cc1cc(S(=O)(=O)NCCC(C)(C)C)sc1CN. The molecule has 104 valence electrons. The van der Waals surface area contributed by atoms with Crippen LogP contribution in [0, 0.1) is 12.3 Å². The summed E-state index contributed by atoms with van der Waals surface area (Å²) in [6, 6.07) is 1.69. The molecule has 0 atom stereocenters. The number of sulfonamides is 1. The third kappa shape index (κ3) is 4.35. The molecule has 0 spiro atoms. The molecular weight excluding hydrogens is 268 g/mol. The predicted molar refractivity (Wildman–Crippen MR) is 76.2 cm³/mol. The Bertz CT molecular complexity index is 499. The van der Waals surface area contributed by atoms with Gasteiger partial charge in [-0.15, -0.1) is 11.3 Å². The second-order valence-corrected chi connectivity index (χ2v) is 8.71. The molecule has 4 nitrogen and oxygen atoms in total. The first kappa shape index (κ1) is 15.6. The molecule has 0 aliphatic carbocycles. The number of rotatable bonds is 5. The molecule has 1 rings (SSSR count). The van der Waals surface area contributed by atoms with Gasteiger partial charge in [-0.25, -0.2) is 13.1 Å². The van der Waals surface area contributed by atoms with E-state index in [9.17, 15) is 8.42 Å². The van der Waals surface area contributed by atoms with Crippen molar-refractivity contribution in [3.63, 3.8) is 0 Å². The van der Waals surface area contributed by atoms with E-state index in [1.165, 1.54) is 11.3 Å². The summed E-state index contributed by atoms with van der Waals surface area (Å²) in [5, 5.41) is 0. The van der Waals surface area contributed by atoms with Crippen LogP contribution in [0.3, 0.4) is 0 Å². The van der Waals surface area contributed by atoms with Crippen LogP contribution in [0.5, 0.6) is 0 Å². The maximum absolute atomic E-state index is 12.1. The first-order chi connectivity index (χ1) is 8.15. The van der Waals surface area contributed by atoms with Gasteiger partial charge in [0.25, 0.3) is 0 Å². The van der Waals surface area contributed by atoms with Gasteiger partial charge in [0.2, 0.25) is 10.0 Å². The van der Waals surface area contributed by atoms with Crippen LogP contribution in [-0.2, 0) is 16.6 Å². The van der Waals surface area contributed by atoms with Gasteiger partial charge in [0.05, 0.1) is 0 Å². The van der Waals surface area contributed by atoms with Crippen molar-refractivity contribution in [3.8, 4) is 0 Å². The van der Waals surface area contributed by atoms with Gasteiger partial charge in [0.15, 0.2) is 0 Å². The van der Waals surface area contributed by atoms with Gasteiger partial charge in [-0.2, -0.15) is 0 Å². The fourth-order valence-corrected chi connectivity index (χ4v) is 4.00. The smallest absolute Gasteiger partial charge is 0.250 e. The van der Waals surface area contributed by atoms with Gasteiger partial charge in [0, 0.05) is 18.0 Å². The number of aryl methyl sites for hydroxylation is 1. The molecule has 0 bridgehead atoms. The van der Waals surface area contributed by atoms with Crippen LogP contribution in [-0.4, -0.2) is 15.0 Å². The third-order valence-electron chi connectivity index (χ3n) is 2.62. The molecule has 0 amide bonds. The zero-order valence-corrected chi connectivity index (χ0v) is 13.0. The van der Waals surface area contributed by atoms with Crippen molar-refractivity contribution in [2.45, 2.75) is 44.9 Å². The summed E-state index contributed by atoms with van der Waals surface area (Å²) < 4.78 is 27.1. The molecule has 0 radical (unpaired) electrons. The summed E-state index contributed by atoms with van der Waals surface area (Å²) in [5.74, 6) is 0. The van der Waals surface area contributed by atoms with E-state index in [0.29, 0.717) is 17.3 Å². The van der Waals surface area contributed by atoms with Crippen LogP contribution in [0.15, 0.2) is 10.3 Å². The van der Waals surface area contributed by atoms with Crippen molar-refractivity contribution in [1.82, 2.24) is 4.72 Å². The quantitative estimate of drug-likeness (QED) is 0.873. The molecule has 0 aliphatic heterocycles. The molecule has 1 heterocycles. The van der Waals surface area contributed by atoms with Crippen molar-refractivity contribution in [1.29, 1.82) is 0 Å². The lowest BCUT2D eigenvalue weighted by atomic mass is 9.93. The Kier molecular flexibility index (Phi) is 4.94. The van der Waals surface area contributed by atoms with Gasteiger partial charge in [-0.1, -0.05) is 20.8 Å². The van der Waals surface area contributed by atoms with Crippen molar-refractivity contribution in [3.05, 3.63) is 16.5 Å². The minimum atomic E-state index is -3.38. The lowest BCUT2D eigenvalue weighted by Gasteiger charge is -2.17. The number of thiophene rings is 1. The van der Waals surface area contributed by atoms with Crippen LogP contribution in [0.4, 0.5) is 0 Å². The highest BCUT2D eigenvalue weighted by atomic mass is 32.2. The van der Waals surface area contributed by atoms with E-state index < -0.39 is 10.0 Å². The average Bonchev–Trinajstić information content (AvgIpc) is 2.58. The zero-order chi connectivity index (χ0) is 14.0. The highest BCUT2D eigenvalue weighted by Crippen LogP contribution is 2.25. The molecule has 6 heteroatoms. The Balaban J connectivity index is 2.74. The van der Waals surface area contributed by atoms with E-state index in [0.717, 1.165) is 16.9 Å². The molecule has 18 heavy (non-hydrogen) atoms. The second kappa shape index (κ2) is 5.69. The molecule has 0 saturated heterocycles. The Hall–Kier alpha value is -0.430. The van der Waals surface area contributed by atoms with E-state index in [-0.39, 0.29) is 5.41 Å². The first-order valence-corrected chi connectivity index (χ1v) is 8.25. The highest BCUT2D eigenvalue weighted by Gasteiger charge is 2.19. The maximum atomic E-state index is 12.1. The summed E-state index contributed by atoms with van der Waals surface area (Å²) in [4.78, 5) is 0.922. The molecule has 0 fully saturated rings. The monoisotopic (exact) mass is 290 g/mol. The summed E-state index contributed by atoms with van der Waals surface area (Å²) in [5.41, 5.74) is 6.62. The number of hydrogen-bond acceptors (Lipinski definition) is 4. The van der Waals surface area contributed by atoms with Crippen LogP contribution < -0.4 is 10.5 Å². The van der Waals surface area contributed by atoms with E-state index >= 15 is 0 Å². The summed E-state index contributed by atoms with van der Waals surface area (Å²) >= 11 is 1.25. The lowest BCUT2D eigenvalue weighted by molar-refractivity contribution is 0.378. The molecule has 1 aromatic heterocycles. The molecule has 3 N–H and O–H groups in total. The zero-order valence-electron chi connectivity index (χ0n) is 11.4. The molecule has 0 saturated carbocycles. The predicted octanol–water partition coefficient (Wildman–Crippen LogP) is 2.23. The molecular formula is C12H22N2O2S2. The molecule has 0 unspecified atom stereocenters. The summed E-state index contributed by atoms with van der Waals surface area (Å²) in [6.45, 7) is 8.98. The van der Waals surface area contributed by atoms with Crippen molar-refractivity contribution < 1.29 is 8.42 Å². The lowest BCUT2D eigenvalue weighted by Crippen LogP contribution is -2.26. The van der Waals surface area contributed by atoms with Crippen molar-refractivity contribution >= 4 is 21.4 Å². The van der Waals surface area contributed by atoms with E-state index in [1.807, 2.05) is 6.92 Å². The number of hydrogen-bond donors (Lipinski definition) is 2.